The van der Waals surface area contributed by atoms with Crippen molar-refractivity contribution < 1.29 is 39.5 Å². The first kappa shape index (κ1) is 20.5. The molecule has 1 nitrogen and oxygen atoms in total. The van der Waals surface area contributed by atoms with Gasteiger partial charge in [-0.25, -0.2) is 8.78 Å². The predicted molar refractivity (Wildman–Crippen MR) is 61.3 cm³/mol. The van der Waals surface area contributed by atoms with Crippen LogP contribution in [0.3, 0.4) is 0 Å². The molecule has 128 valence electrons. The third kappa shape index (κ3) is 3.85. The van der Waals surface area contributed by atoms with Crippen LogP contribution in [-0.4, -0.2) is 50.5 Å². The van der Waals surface area contributed by atoms with Crippen LogP contribution >= 0.6 is 0 Å². The molecule has 11 heteroatoms. The lowest BCUT2D eigenvalue weighted by Gasteiger charge is -2.43. The topological polar surface area (TPSA) is 3.24 Å². The summed E-state index contributed by atoms with van der Waals surface area (Å²) in [5.41, 5.74) is -5.11. The zero-order valence-electron chi connectivity index (χ0n) is 11.8. The number of halogens is 9. The first-order chi connectivity index (χ1) is 8.90. The van der Waals surface area contributed by atoms with E-state index < -0.39 is 44.6 Å². The minimum absolute atomic E-state index is 0.737. The summed E-state index contributed by atoms with van der Waals surface area (Å²) >= 11 is 0. The van der Waals surface area contributed by atoms with Gasteiger partial charge in [0.25, 0.3) is 0 Å². The van der Waals surface area contributed by atoms with Crippen molar-refractivity contribution in [2.75, 3.05) is 14.1 Å². The maximum absolute atomic E-state index is 13.9. The Labute approximate surface area is 117 Å². The molecule has 0 aromatic rings. The van der Waals surface area contributed by atoms with Crippen molar-refractivity contribution in [1.82, 2.24) is 4.57 Å². The highest BCUT2D eigenvalue weighted by molar-refractivity contribution is 6.77. The monoisotopic (exact) mass is 349 g/mol. The molecule has 21 heavy (non-hydrogen) atoms. The molecule has 0 saturated carbocycles. The average molecular weight is 349 g/mol. The van der Waals surface area contributed by atoms with Crippen molar-refractivity contribution in [2.24, 2.45) is 0 Å². The van der Waals surface area contributed by atoms with Gasteiger partial charge in [0, 0.05) is 12.8 Å². The van der Waals surface area contributed by atoms with Gasteiger partial charge in [-0.15, -0.1) is 0 Å². The fourth-order valence-electron chi connectivity index (χ4n) is 1.35. The van der Waals surface area contributed by atoms with Gasteiger partial charge < -0.3 is 4.57 Å². The Morgan fingerprint density at radius 3 is 1.43 bits per heavy atom. The van der Waals surface area contributed by atoms with Gasteiger partial charge in [0.1, 0.15) is 0 Å². The third-order valence-corrected chi connectivity index (χ3v) is 7.55. The number of hydrogen-bond donors (Lipinski definition) is 0. The van der Waals surface area contributed by atoms with E-state index in [1.54, 1.807) is 0 Å². The molecule has 0 fully saturated rings. The number of hydrogen-bond acceptors (Lipinski definition) is 1. The lowest BCUT2D eigenvalue weighted by molar-refractivity contribution is -0.292. The van der Waals surface area contributed by atoms with Crippen molar-refractivity contribution >= 4 is 8.24 Å². The van der Waals surface area contributed by atoms with Gasteiger partial charge in [0.2, 0.25) is 8.24 Å². The molecule has 0 N–H and O–H groups in total. The van der Waals surface area contributed by atoms with Crippen LogP contribution in [0.4, 0.5) is 39.5 Å². The molecule has 0 atom stereocenters. The van der Waals surface area contributed by atoms with Crippen LogP contribution in [0.5, 0.6) is 0 Å². The van der Waals surface area contributed by atoms with Crippen LogP contribution in [0.15, 0.2) is 0 Å². The van der Waals surface area contributed by atoms with E-state index in [1.165, 1.54) is 0 Å². The highest BCUT2D eigenvalue weighted by Crippen LogP contribution is 2.52. The fourth-order valence-corrected chi connectivity index (χ4v) is 2.86. The summed E-state index contributed by atoms with van der Waals surface area (Å²) in [6.07, 6.45) is -9.80. The van der Waals surface area contributed by atoms with Crippen molar-refractivity contribution in [3.05, 3.63) is 0 Å². The molecule has 0 heterocycles. The second-order valence-electron chi connectivity index (χ2n) is 5.42. The largest absolute Gasteiger partial charge is 0.389 e. The van der Waals surface area contributed by atoms with Crippen molar-refractivity contribution in [3.63, 3.8) is 0 Å². The van der Waals surface area contributed by atoms with Gasteiger partial charge in [-0.1, -0.05) is 13.1 Å². The molecular formula is C10H16F9NSi. The van der Waals surface area contributed by atoms with Crippen LogP contribution in [0.1, 0.15) is 12.8 Å². The molecule has 0 saturated heterocycles. The molecule has 0 aliphatic carbocycles. The van der Waals surface area contributed by atoms with Gasteiger partial charge in [-0.05, 0) is 14.1 Å². The van der Waals surface area contributed by atoms with Gasteiger partial charge >= 0.3 is 23.6 Å². The van der Waals surface area contributed by atoms with Crippen LogP contribution in [0, 0.1) is 0 Å². The molecule has 0 aromatic heterocycles. The van der Waals surface area contributed by atoms with E-state index in [2.05, 4.69) is 0 Å². The van der Waals surface area contributed by atoms with Crippen molar-refractivity contribution in [1.29, 1.82) is 0 Å². The zero-order chi connectivity index (χ0) is 17.5. The summed E-state index contributed by atoms with van der Waals surface area (Å²) in [7, 11) is -2.28. The van der Waals surface area contributed by atoms with Crippen molar-refractivity contribution in [3.8, 4) is 0 Å². The van der Waals surface area contributed by atoms with E-state index in [0.29, 0.717) is 0 Å². The van der Waals surface area contributed by atoms with E-state index in [0.717, 1.165) is 31.8 Å². The molecular weight excluding hydrogens is 333 g/mol. The molecule has 0 unspecified atom stereocenters. The highest BCUT2D eigenvalue weighted by Gasteiger charge is 2.76. The number of nitrogens with zero attached hydrogens (tertiary/aromatic N) is 1. The summed E-state index contributed by atoms with van der Waals surface area (Å²) in [5, 5.41) is 0. The molecule has 0 bridgehead atoms. The molecule has 0 aliphatic rings. The Kier molecular flexibility index (Phi) is 5.51. The Hall–Kier alpha value is -0.453. The molecule has 0 spiro atoms. The van der Waals surface area contributed by atoms with Gasteiger partial charge in [0.15, 0.2) is 0 Å². The first-order valence-electron chi connectivity index (χ1n) is 5.78. The Morgan fingerprint density at radius 2 is 1.14 bits per heavy atom. The molecule has 0 aromatic carbocycles. The van der Waals surface area contributed by atoms with Gasteiger partial charge in [0.05, 0.1) is 0 Å². The average Bonchev–Trinajstić information content (AvgIpc) is 2.24. The first-order valence-corrected chi connectivity index (χ1v) is 8.72. The van der Waals surface area contributed by atoms with E-state index in [9.17, 15) is 39.5 Å². The molecule has 0 radical (unpaired) electrons. The molecule has 0 aliphatic heterocycles. The lowest BCUT2D eigenvalue weighted by Crippen LogP contribution is -2.70. The Bertz CT molecular complexity index is 362. The maximum atomic E-state index is 13.9. The fraction of sp³-hybridized carbons (Fsp3) is 1.00. The van der Waals surface area contributed by atoms with Crippen LogP contribution < -0.4 is 0 Å². The second kappa shape index (κ2) is 5.63. The van der Waals surface area contributed by atoms with E-state index >= 15 is 0 Å². The van der Waals surface area contributed by atoms with Crippen LogP contribution in [0.2, 0.25) is 13.1 Å². The predicted octanol–water partition coefficient (Wildman–Crippen LogP) is 4.54. The van der Waals surface area contributed by atoms with Crippen LogP contribution in [-0.2, 0) is 0 Å². The minimum atomic E-state index is -5.87. The van der Waals surface area contributed by atoms with Gasteiger partial charge in [-0.3, -0.25) is 0 Å². The lowest BCUT2D eigenvalue weighted by atomic mass is 10.1. The Balaban J connectivity index is 5.52. The summed E-state index contributed by atoms with van der Waals surface area (Å²) in [6.45, 7) is 1.47. The Morgan fingerprint density at radius 1 is 0.762 bits per heavy atom. The second-order valence-corrected chi connectivity index (χ2v) is 10.1. The SMILES string of the molecule is CN(C)[Si](C)(C)C(F)(F)C(F)(F)C(F)(F)CCC(F)(F)F. The quantitative estimate of drug-likeness (QED) is 0.503. The van der Waals surface area contributed by atoms with E-state index in [4.69, 9.17) is 0 Å². The highest BCUT2D eigenvalue weighted by atomic mass is 28.3. The molecule has 0 amide bonds. The third-order valence-electron chi connectivity index (χ3n) is 3.46. The smallest absolute Gasteiger partial charge is 0.325 e. The minimum Gasteiger partial charge on any atom is -0.325 e. The normalized spacial score (nSPS) is 15.7. The summed E-state index contributed by atoms with van der Waals surface area (Å²) in [4.78, 5) is 0. The number of rotatable bonds is 6. The summed E-state index contributed by atoms with van der Waals surface area (Å²) in [6, 6.07) is 0. The summed E-state index contributed by atoms with van der Waals surface area (Å²) < 4.78 is 118. The maximum Gasteiger partial charge on any atom is 0.389 e. The zero-order valence-corrected chi connectivity index (χ0v) is 12.8. The standard InChI is InChI=1S/C10H16F9NSi/c1-20(2)21(3,4)10(18,19)9(16,17)7(11,12)5-6-8(13,14)15/h5-6H2,1-4H3. The van der Waals surface area contributed by atoms with Gasteiger partial charge in [-0.2, -0.15) is 30.7 Å². The van der Waals surface area contributed by atoms with E-state index in [-0.39, 0.29) is 0 Å². The van der Waals surface area contributed by atoms with Crippen LogP contribution in [0.25, 0.3) is 0 Å². The summed E-state index contributed by atoms with van der Waals surface area (Å²) in [5.74, 6) is -11.3. The van der Waals surface area contributed by atoms with Crippen molar-refractivity contribution in [2.45, 2.75) is 49.5 Å². The molecule has 0 rings (SSSR count). The number of alkyl halides is 9. The van der Waals surface area contributed by atoms with E-state index in [1.807, 2.05) is 0 Å².